The highest BCUT2D eigenvalue weighted by molar-refractivity contribution is 5.76. The highest BCUT2D eigenvalue weighted by Gasteiger charge is 2.32. The van der Waals surface area contributed by atoms with E-state index in [4.69, 9.17) is 9.84 Å². The molecule has 0 unspecified atom stereocenters. The quantitative estimate of drug-likeness (QED) is 0.893. The summed E-state index contributed by atoms with van der Waals surface area (Å²) in [4.78, 5) is 12.8. The van der Waals surface area contributed by atoms with Crippen LogP contribution in [0.4, 0.5) is 5.69 Å². The number of carboxylic acid groups (broad SMARTS) is 1. The van der Waals surface area contributed by atoms with Crippen molar-refractivity contribution in [2.75, 3.05) is 18.0 Å². The van der Waals surface area contributed by atoms with Crippen LogP contribution in [-0.2, 0) is 11.2 Å². The number of hydrogen-bond acceptors (Lipinski definition) is 3. The first-order valence-corrected chi connectivity index (χ1v) is 6.20. The van der Waals surface area contributed by atoms with Gasteiger partial charge in [-0.25, -0.2) is 0 Å². The van der Waals surface area contributed by atoms with Crippen molar-refractivity contribution >= 4 is 11.7 Å². The Kier molecular flexibility index (Phi) is 3.20. The van der Waals surface area contributed by atoms with Crippen LogP contribution in [0.3, 0.4) is 0 Å². The summed E-state index contributed by atoms with van der Waals surface area (Å²) < 4.78 is 5.90. The molecule has 4 nitrogen and oxygen atoms in total. The molecule has 1 aromatic rings. The van der Waals surface area contributed by atoms with E-state index in [1.165, 1.54) is 5.56 Å². The largest absolute Gasteiger partial charge is 0.484 e. The van der Waals surface area contributed by atoms with Gasteiger partial charge in [-0.05, 0) is 38.0 Å². The van der Waals surface area contributed by atoms with Crippen molar-refractivity contribution in [1.82, 2.24) is 0 Å². The Bertz CT molecular complexity index is 468. The van der Waals surface area contributed by atoms with Crippen molar-refractivity contribution in [3.8, 4) is 5.75 Å². The van der Waals surface area contributed by atoms with Crippen LogP contribution in [0.25, 0.3) is 0 Å². The molecule has 0 radical (unpaired) electrons. The highest BCUT2D eigenvalue weighted by Crippen LogP contribution is 2.37. The maximum Gasteiger partial charge on any atom is 0.323 e. The predicted octanol–water partition coefficient (Wildman–Crippen LogP) is 2.31. The number of nitrogens with zero attached hydrogens (tertiary/aromatic N) is 1. The van der Waals surface area contributed by atoms with Crippen LogP contribution in [0.15, 0.2) is 18.2 Å². The summed E-state index contributed by atoms with van der Waals surface area (Å²) in [6.07, 6.45) is 0.928. The number of carboxylic acids is 1. The number of rotatable bonds is 3. The highest BCUT2D eigenvalue weighted by atomic mass is 16.5. The molecule has 0 atom stereocenters. The lowest BCUT2D eigenvalue weighted by atomic mass is 10.0. The molecule has 0 spiro atoms. The van der Waals surface area contributed by atoms with E-state index in [0.717, 1.165) is 17.9 Å². The first kappa shape index (κ1) is 12.7. The van der Waals surface area contributed by atoms with Gasteiger partial charge in [-0.2, -0.15) is 0 Å². The van der Waals surface area contributed by atoms with E-state index in [1.54, 1.807) is 0 Å². The first-order valence-electron chi connectivity index (χ1n) is 6.20. The molecule has 0 saturated heterocycles. The average molecular weight is 249 g/mol. The summed E-state index contributed by atoms with van der Waals surface area (Å²) in [5.74, 6) is -0.0507. The zero-order chi connectivity index (χ0) is 13.3. The Morgan fingerprint density at radius 3 is 2.83 bits per heavy atom. The third-order valence-corrected chi connectivity index (χ3v) is 3.06. The Morgan fingerprint density at radius 1 is 1.50 bits per heavy atom. The van der Waals surface area contributed by atoms with Gasteiger partial charge in [-0.3, -0.25) is 4.79 Å². The van der Waals surface area contributed by atoms with Crippen molar-refractivity contribution in [3.63, 3.8) is 0 Å². The molecular formula is C14H19NO3. The van der Waals surface area contributed by atoms with E-state index >= 15 is 0 Å². The number of carbonyl (C=O) groups is 1. The maximum atomic E-state index is 11.0. The van der Waals surface area contributed by atoms with E-state index in [2.05, 4.69) is 6.92 Å². The SMILES string of the molecule is CCc1ccc2c(c1)N(CC(=O)O)CC(C)(C)O2. The van der Waals surface area contributed by atoms with E-state index < -0.39 is 5.97 Å². The van der Waals surface area contributed by atoms with Gasteiger partial charge in [0.05, 0.1) is 12.2 Å². The molecule has 2 rings (SSSR count). The van der Waals surface area contributed by atoms with Gasteiger partial charge in [0.15, 0.2) is 0 Å². The molecule has 0 aromatic heterocycles. The van der Waals surface area contributed by atoms with Crippen LogP contribution in [-0.4, -0.2) is 29.8 Å². The molecule has 0 amide bonds. The first-order chi connectivity index (χ1) is 8.41. The summed E-state index contributed by atoms with van der Waals surface area (Å²) in [7, 11) is 0. The van der Waals surface area contributed by atoms with Crippen LogP contribution in [0.5, 0.6) is 5.75 Å². The molecule has 0 saturated carbocycles. The van der Waals surface area contributed by atoms with Crippen LogP contribution in [0, 0.1) is 0 Å². The molecule has 1 aliphatic rings. The van der Waals surface area contributed by atoms with Gasteiger partial charge in [-0.1, -0.05) is 13.0 Å². The molecule has 1 aliphatic heterocycles. The Morgan fingerprint density at radius 2 is 2.22 bits per heavy atom. The van der Waals surface area contributed by atoms with E-state index in [9.17, 15) is 4.79 Å². The standard InChI is InChI=1S/C14H19NO3/c1-4-10-5-6-12-11(7-10)15(8-13(16)17)9-14(2,3)18-12/h5-7H,4,8-9H2,1-3H3,(H,16,17). The van der Waals surface area contributed by atoms with Crippen molar-refractivity contribution in [3.05, 3.63) is 23.8 Å². The third kappa shape index (κ3) is 2.58. The van der Waals surface area contributed by atoms with Crippen molar-refractivity contribution in [1.29, 1.82) is 0 Å². The average Bonchev–Trinajstić information content (AvgIpc) is 2.26. The molecule has 0 bridgehead atoms. The molecule has 1 aromatic carbocycles. The number of benzene rings is 1. The fraction of sp³-hybridized carbons (Fsp3) is 0.500. The van der Waals surface area contributed by atoms with Gasteiger partial charge in [0, 0.05) is 0 Å². The summed E-state index contributed by atoms with van der Waals surface area (Å²) in [6.45, 7) is 6.61. The molecular weight excluding hydrogens is 230 g/mol. The second-order valence-corrected chi connectivity index (χ2v) is 5.27. The van der Waals surface area contributed by atoms with E-state index in [0.29, 0.717) is 6.54 Å². The number of aliphatic carboxylic acids is 1. The molecule has 98 valence electrons. The molecule has 1 N–H and O–H groups in total. The smallest absolute Gasteiger partial charge is 0.323 e. The summed E-state index contributed by atoms with van der Waals surface area (Å²) in [5, 5.41) is 9.01. The molecule has 0 fully saturated rings. The minimum Gasteiger partial charge on any atom is -0.484 e. The zero-order valence-electron chi connectivity index (χ0n) is 11.1. The van der Waals surface area contributed by atoms with Crippen molar-refractivity contribution in [2.45, 2.75) is 32.8 Å². The number of fused-ring (bicyclic) bond motifs is 1. The molecule has 0 aliphatic carbocycles. The minimum atomic E-state index is -0.819. The van der Waals surface area contributed by atoms with Gasteiger partial charge in [0.25, 0.3) is 0 Å². The van der Waals surface area contributed by atoms with Crippen molar-refractivity contribution < 1.29 is 14.6 Å². The summed E-state index contributed by atoms with van der Waals surface area (Å²) in [5.41, 5.74) is 1.71. The minimum absolute atomic E-state index is 0.00690. The van der Waals surface area contributed by atoms with Gasteiger partial charge in [0.1, 0.15) is 17.9 Å². The van der Waals surface area contributed by atoms with Gasteiger partial charge in [-0.15, -0.1) is 0 Å². The number of ether oxygens (including phenoxy) is 1. The van der Waals surface area contributed by atoms with Crippen LogP contribution in [0.1, 0.15) is 26.3 Å². The van der Waals surface area contributed by atoms with E-state index in [-0.39, 0.29) is 12.1 Å². The molecule has 1 heterocycles. The van der Waals surface area contributed by atoms with Crippen LogP contribution < -0.4 is 9.64 Å². The zero-order valence-corrected chi connectivity index (χ0v) is 11.1. The van der Waals surface area contributed by atoms with Gasteiger partial charge in [0.2, 0.25) is 0 Å². The summed E-state index contributed by atoms with van der Waals surface area (Å²) >= 11 is 0. The third-order valence-electron chi connectivity index (χ3n) is 3.06. The Balaban J connectivity index is 2.40. The summed E-state index contributed by atoms with van der Waals surface area (Å²) in [6, 6.07) is 5.98. The van der Waals surface area contributed by atoms with E-state index in [1.807, 2.05) is 36.9 Å². The van der Waals surface area contributed by atoms with Gasteiger partial charge < -0.3 is 14.7 Å². The van der Waals surface area contributed by atoms with Gasteiger partial charge >= 0.3 is 5.97 Å². The second-order valence-electron chi connectivity index (χ2n) is 5.27. The monoisotopic (exact) mass is 249 g/mol. The number of aryl methyl sites for hydroxylation is 1. The van der Waals surface area contributed by atoms with Crippen LogP contribution in [0.2, 0.25) is 0 Å². The predicted molar refractivity (Wildman–Crippen MR) is 70.4 cm³/mol. The normalized spacial score (nSPS) is 16.9. The lowest BCUT2D eigenvalue weighted by molar-refractivity contribution is -0.135. The second kappa shape index (κ2) is 4.52. The maximum absolute atomic E-state index is 11.0. The molecule has 18 heavy (non-hydrogen) atoms. The number of anilines is 1. The Hall–Kier alpha value is -1.71. The molecule has 4 heteroatoms. The number of hydrogen-bond donors (Lipinski definition) is 1. The topological polar surface area (TPSA) is 49.8 Å². The Labute approximate surface area is 107 Å². The lowest BCUT2D eigenvalue weighted by Gasteiger charge is -2.40. The van der Waals surface area contributed by atoms with Crippen LogP contribution >= 0.6 is 0 Å². The van der Waals surface area contributed by atoms with Crippen molar-refractivity contribution in [2.24, 2.45) is 0 Å². The fourth-order valence-electron chi connectivity index (χ4n) is 2.30. The fourth-order valence-corrected chi connectivity index (χ4v) is 2.30. The lowest BCUT2D eigenvalue weighted by Crippen LogP contribution is -2.48.